The van der Waals surface area contributed by atoms with Gasteiger partial charge in [-0.15, -0.1) is 0 Å². The van der Waals surface area contributed by atoms with Gasteiger partial charge in [-0.2, -0.15) is 0 Å². The molecule has 2 aliphatic rings. The van der Waals surface area contributed by atoms with Crippen molar-refractivity contribution in [3.8, 4) is 0 Å². The molecular formula is C22H25N3O2. The van der Waals surface area contributed by atoms with Crippen molar-refractivity contribution in [2.24, 2.45) is 4.99 Å². The molecule has 0 aliphatic carbocycles. The van der Waals surface area contributed by atoms with Crippen molar-refractivity contribution >= 4 is 11.7 Å². The Balaban J connectivity index is 1.39. The molecule has 4 rings (SSSR count). The zero-order valence-electron chi connectivity index (χ0n) is 15.9. The molecule has 0 saturated carbocycles. The number of benzene rings is 2. The van der Waals surface area contributed by atoms with Gasteiger partial charge >= 0.3 is 0 Å². The Bertz CT molecular complexity index is 865. The first kappa shape index (κ1) is 17.7. The zero-order chi connectivity index (χ0) is 18.9. The van der Waals surface area contributed by atoms with Crippen LogP contribution in [0.5, 0.6) is 0 Å². The number of amidine groups is 1. The highest BCUT2D eigenvalue weighted by Crippen LogP contribution is 2.31. The van der Waals surface area contributed by atoms with Crippen molar-refractivity contribution in [2.45, 2.75) is 38.8 Å². The van der Waals surface area contributed by atoms with Crippen LogP contribution >= 0.6 is 0 Å². The largest absolute Gasteiger partial charge is 0.342 e. The highest BCUT2D eigenvalue weighted by molar-refractivity contribution is 5.99. The van der Waals surface area contributed by atoms with Crippen LogP contribution in [0.2, 0.25) is 0 Å². The van der Waals surface area contributed by atoms with E-state index in [2.05, 4.69) is 24.5 Å². The predicted octanol–water partition coefficient (Wildman–Crippen LogP) is 3.15. The lowest BCUT2D eigenvalue weighted by Gasteiger charge is -2.35. The minimum atomic E-state index is -0.556. The van der Waals surface area contributed by atoms with E-state index in [0.717, 1.165) is 22.5 Å². The first-order valence-corrected chi connectivity index (χ1v) is 9.48. The van der Waals surface area contributed by atoms with Crippen LogP contribution in [0.25, 0.3) is 0 Å². The van der Waals surface area contributed by atoms with Crippen molar-refractivity contribution in [2.75, 3.05) is 13.1 Å². The minimum absolute atomic E-state index is 0.174. The fourth-order valence-electron chi connectivity index (χ4n) is 3.63. The molecule has 2 aromatic rings. The van der Waals surface area contributed by atoms with Crippen molar-refractivity contribution < 1.29 is 9.63 Å². The Labute approximate surface area is 160 Å². The van der Waals surface area contributed by atoms with E-state index in [9.17, 15) is 4.79 Å². The average molecular weight is 363 g/mol. The van der Waals surface area contributed by atoms with Gasteiger partial charge in [0.1, 0.15) is 0 Å². The van der Waals surface area contributed by atoms with Crippen LogP contribution in [0, 0.1) is 13.8 Å². The second-order valence-electron chi connectivity index (χ2n) is 7.46. The molecule has 1 fully saturated rings. The lowest BCUT2D eigenvalue weighted by molar-refractivity contribution is -0.138. The van der Waals surface area contributed by atoms with Gasteiger partial charge in [0.15, 0.2) is 11.6 Å². The van der Waals surface area contributed by atoms with E-state index in [1.165, 1.54) is 5.56 Å². The number of amides is 1. The summed E-state index contributed by atoms with van der Waals surface area (Å²) in [5.74, 6) is 0.947. The van der Waals surface area contributed by atoms with Crippen molar-refractivity contribution in [1.29, 1.82) is 0 Å². The van der Waals surface area contributed by atoms with Crippen LogP contribution in [0.1, 0.15) is 35.1 Å². The third kappa shape index (κ3) is 3.74. The van der Waals surface area contributed by atoms with Gasteiger partial charge in [-0.3, -0.25) is 4.79 Å². The smallest absolute Gasteiger partial charge is 0.227 e. The van der Waals surface area contributed by atoms with Gasteiger partial charge in [0.05, 0.1) is 6.42 Å². The third-order valence-corrected chi connectivity index (χ3v) is 5.48. The first-order valence-electron chi connectivity index (χ1n) is 9.48. The summed E-state index contributed by atoms with van der Waals surface area (Å²) in [5.41, 5.74) is 6.94. The molecule has 140 valence electrons. The molecular weight excluding hydrogens is 338 g/mol. The van der Waals surface area contributed by atoms with Gasteiger partial charge in [-0.25, -0.2) is 15.3 Å². The number of hydrogen-bond donors (Lipinski definition) is 1. The maximum atomic E-state index is 12.7. The molecule has 0 aromatic heterocycles. The molecule has 0 radical (unpaired) electrons. The molecule has 2 aromatic carbocycles. The summed E-state index contributed by atoms with van der Waals surface area (Å²) in [6.07, 6.45) is 1.86. The topological polar surface area (TPSA) is 53.9 Å². The zero-order valence-corrected chi connectivity index (χ0v) is 15.9. The van der Waals surface area contributed by atoms with Crippen molar-refractivity contribution in [3.63, 3.8) is 0 Å². The fraction of sp³-hybridized carbons (Fsp3) is 0.364. The van der Waals surface area contributed by atoms with Crippen molar-refractivity contribution in [3.05, 3.63) is 70.8 Å². The van der Waals surface area contributed by atoms with Crippen LogP contribution in [0.3, 0.4) is 0 Å². The number of aliphatic imine (C=N–C) groups is 1. The number of hydroxylamine groups is 1. The Kier molecular flexibility index (Phi) is 4.70. The van der Waals surface area contributed by atoms with Gasteiger partial charge < -0.3 is 4.90 Å². The molecule has 1 amide bonds. The number of carbonyl (C=O) groups excluding carboxylic acids is 1. The first-order chi connectivity index (χ1) is 13.0. The summed E-state index contributed by atoms with van der Waals surface area (Å²) in [7, 11) is 0. The van der Waals surface area contributed by atoms with Crippen LogP contribution in [0.4, 0.5) is 0 Å². The minimum Gasteiger partial charge on any atom is -0.342 e. The molecule has 2 aliphatic heterocycles. The quantitative estimate of drug-likeness (QED) is 0.911. The normalized spacial score (nSPS) is 18.3. The number of aryl methyl sites for hydroxylation is 2. The number of nitrogens with one attached hydrogen (secondary N) is 1. The SMILES string of the molecule is Cc1ccc(C2=NC3(CCN(C(=O)Cc4ccccc4C)CC3)ON2)cc1. The van der Waals surface area contributed by atoms with E-state index in [4.69, 9.17) is 9.83 Å². The van der Waals surface area contributed by atoms with E-state index < -0.39 is 5.72 Å². The van der Waals surface area contributed by atoms with E-state index in [0.29, 0.717) is 32.4 Å². The molecule has 1 saturated heterocycles. The summed E-state index contributed by atoms with van der Waals surface area (Å²) >= 11 is 0. The Hall–Kier alpha value is -2.66. The van der Waals surface area contributed by atoms with E-state index >= 15 is 0 Å². The van der Waals surface area contributed by atoms with Crippen molar-refractivity contribution in [1.82, 2.24) is 10.4 Å². The van der Waals surface area contributed by atoms with Crippen LogP contribution < -0.4 is 5.48 Å². The monoisotopic (exact) mass is 363 g/mol. The molecule has 5 heteroatoms. The molecule has 5 nitrogen and oxygen atoms in total. The molecule has 0 atom stereocenters. The van der Waals surface area contributed by atoms with E-state index in [1.54, 1.807) is 0 Å². The molecule has 0 unspecified atom stereocenters. The number of hydrogen-bond acceptors (Lipinski definition) is 4. The molecule has 1 spiro atoms. The average Bonchev–Trinajstić information content (AvgIpc) is 3.08. The summed E-state index contributed by atoms with van der Waals surface area (Å²) in [5, 5.41) is 0. The van der Waals surface area contributed by atoms with Gasteiger partial charge in [0.25, 0.3) is 0 Å². The fourth-order valence-corrected chi connectivity index (χ4v) is 3.63. The van der Waals surface area contributed by atoms with E-state index in [-0.39, 0.29) is 5.91 Å². The number of carbonyl (C=O) groups is 1. The molecule has 1 N–H and O–H groups in total. The number of piperidine rings is 1. The Morgan fingerprint density at radius 2 is 1.81 bits per heavy atom. The number of rotatable bonds is 3. The summed E-state index contributed by atoms with van der Waals surface area (Å²) in [4.78, 5) is 25.3. The lowest BCUT2D eigenvalue weighted by atomic mass is 9.99. The Morgan fingerprint density at radius 1 is 1.11 bits per heavy atom. The van der Waals surface area contributed by atoms with Gasteiger partial charge in [-0.1, -0.05) is 54.1 Å². The van der Waals surface area contributed by atoms with Crippen LogP contribution in [0.15, 0.2) is 53.5 Å². The maximum Gasteiger partial charge on any atom is 0.227 e. The van der Waals surface area contributed by atoms with E-state index in [1.807, 2.05) is 48.2 Å². The standard InChI is InChI=1S/C22H25N3O2/c1-16-7-9-18(10-8-16)21-23-22(27-24-21)11-13-25(14-12-22)20(26)15-19-6-4-3-5-17(19)2/h3-10H,11-15H2,1-2H3,(H,23,24). The summed E-state index contributed by atoms with van der Waals surface area (Å²) in [6.45, 7) is 5.44. The summed E-state index contributed by atoms with van der Waals surface area (Å²) in [6, 6.07) is 16.3. The summed E-state index contributed by atoms with van der Waals surface area (Å²) < 4.78 is 0. The number of nitrogens with zero attached hydrogens (tertiary/aromatic N) is 2. The second-order valence-corrected chi connectivity index (χ2v) is 7.46. The lowest BCUT2D eigenvalue weighted by Crippen LogP contribution is -2.47. The number of likely N-dealkylation sites (tertiary alicyclic amines) is 1. The van der Waals surface area contributed by atoms with Gasteiger partial charge in [-0.05, 0) is 25.0 Å². The van der Waals surface area contributed by atoms with Gasteiger partial charge in [0.2, 0.25) is 5.91 Å². The highest BCUT2D eigenvalue weighted by Gasteiger charge is 2.41. The molecule has 27 heavy (non-hydrogen) atoms. The van der Waals surface area contributed by atoms with Gasteiger partial charge in [0, 0.05) is 31.5 Å². The molecule has 0 bridgehead atoms. The third-order valence-electron chi connectivity index (χ3n) is 5.48. The maximum absolute atomic E-state index is 12.7. The van der Waals surface area contributed by atoms with Crippen LogP contribution in [-0.4, -0.2) is 35.5 Å². The Morgan fingerprint density at radius 3 is 2.52 bits per heavy atom. The second kappa shape index (κ2) is 7.16. The highest BCUT2D eigenvalue weighted by atomic mass is 16.7. The molecule has 2 heterocycles. The van der Waals surface area contributed by atoms with Crippen LogP contribution in [-0.2, 0) is 16.1 Å². The predicted molar refractivity (Wildman–Crippen MR) is 105 cm³/mol.